The van der Waals surface area contributed by atoms with E-state index in [4.69, 9.17) is 15.7 Å². The number of ether oxygens (including phenoxy) is 1. The summed E-state index contributed by atoms with van der Waals surface area (Å²) in [5, 5.41) is 8.58. The third kappa shape index (κ3) is 1.79. The lowest BCUT2D eigenvalue weighted by Crippen LogP contribution is -2.29. The molecule has 0 atom stereocenters. The van der Waals surface area contributed by atoms with Crippen LogP contribution in [0.25, 0.3) is 0 Å². The lowest BCUT2D eigenvalue weighted by molar-refractivity contribution is -0.114. The van der Waals surface area contributed by atoms with Crippen molar-refractivity contribution in [2.75, 3.05) is 26.8 Å². The number of hydrogen-bond donors (Lipinski definition) is 1. The first-order valence-electron chi connectivity index (χ1n) is 3.87. The van der Waals surface area contributed by atoms with E-state index >= 15 is 0 Å². The molecule has 70 valence electrons. The highest BCUT2D eigenvalue weighted by molar-refractivity contribution is 6.03. The molecule has 1 heterocycles. The number of methoxy groups -OCH3 is 1. The summed E-state index contributed by atoms with van der Waals surface area (Å²) in [6.07, 6.45) is 0. The number of Topliss-reactive ketones (excluding diaryl/α,β-unsaturated/α-hetero) is 1. The van der Waals surface area contributed by atoms with E-state index in [0.29, 0.717) is 13.2 Å². The molecule has 0 aromatic rings. The average Bonchev–Trinajstić information content (AvgIpc) is 2.38. The van der Waals surface area contributed by atoms with Crippen molar-refractivity contribution in [1.29, 1.82) is 5.26 Å². The fourth-order valence-electron chi connectivity index (χ4n) is 1.16. The van der Waals surface area contributed by atoms with Crippen LogP contribution in [-0.2, 0) is 9.53 Å². The van der Waals surface area contributed by atoms with Crippen LogP contribution < -0.4 is 5.73 Å². The number of rotatable bonds is 3. The van der Waals surface area contributed by atoms with Gasteiger partial charge in [0, 0.05) is 13.7 Å². The molecule has 0 spiro atoms. The van der Waals surface area contributed by atoms with Gasteiger partial charge in [0.05, 0.1) is 13.2 Å². The third-order valence-corrected chi connectivity index (χ3v) is 1.89. The van der Waals surface area contributed by atoms with Gasteiger partial charge in [-0.1, -0.05) is 0 Å². The van der Waals surface area contributed by atoms with Gasteiger partial charge in [-0.25, -0.2) is 0 Å². The normalized spacial score (nSPS) is 16.6. The number of nitriles is 1. The Labute approximate surface area is 76.4 Å². The molecule has 0 aliphatic carbocycles. The Morgan fingerprint density at radius 2 is 2.46 bits per heavy atom. The standard InChI is InChI=1S/C8H11N3O2/c1-13-3-2-11-5-7(12)6(4-9)8(11)10/h2-3,5,10H2,1H3. The van der Waals surface area contributed by atoms with Crippen molar-refractivity contribution in [2.24, 2.45) is 5.73 Å². The Hall–Kier alpha value is -1.54. The average molecular weight is 181 g/mol. The number of hydrogen-bond acceptors (Lipinski definition) is 5. The molecule has 0 amide bonds. The molecule has 0 saturated heterocycles. The van der Waals surface area contributed by atoms with Crippen LogP contribution in [0, 0.1) is 11.3 Å². The van der Waals surface area contributed by atoms with E-state index in [-0.39, 0.29) is 23.7 Å². The molecule has 0 aromatic carbocycles. The predicted octanol–water partition coefficient (Wildman–Crippen LogP) is -0.789. The molecular formula is C8H11N3O2. The molecule has 0 aromatic heterocycles. The maximum atomic E-state index is 11.1. The van der Waals surface area contributed by atoms with Gasteiger partial charge in [0.25, 0.3) is 0 Å². The highest BCUT2D eigenvalue weighted by Gasteiger charge is 2.27. The van der Waals surface area contributed by atoms with Crippen molar-refractivity contribution in [3.63, 3.8) is 0 Å². The maximum Gasteiger partial charge on any atom is 0.196 e. The lowest BCUT2D eigenvalue weighted by atomic mass is 10.2. The Bertz CT molecular complexity index is 290. The summed E-state index contributed by atoms with van der Waals surface area (Å²) in [7, 11) is 1.57. The first kappa shape index (κ1) is 9.55. The minimum atomic E-state index is -0.212. The van der Waals surface area contributed by atoms with Crippen LogP contribution in [0.1, 0.15) is 0 Å². The summed E-state index contributed by atoms with van der Waals surface area (Å²) < 4.78 is 4.84. The van der Waals surface area contributed by atoms with Crippen LogP contribution in [-0.4, -0.2) is 37.5 Å². The third-order valence-electron chi connectivity index (χ3n) is 1.89. The van der Waals surface area contributed by atoms with E-state index in [1.807, 2.05) is 0 Å². The van der Waals surface area contributed by atoms with E-state index in [0.717, 1.165) is 0 Å². The molecule has 5 nitrogen and oxygen atoms in total. The number of ketones is 1. The van der Waals surface area contributed by atoms with Crippen molar-refractivity contribution in [1.82, 2.24) is 4.90 Å². The Morgan fingerprint density at radius 3 is 2.92 bits per heavy atom. The Kier molecular flexibility index (Phi) is 2.88. The van der Waals surface area contributed by atoms with Crippen LogP contribution in [0.4, 0.5) is 0 Å². The van der Waals surface area contributed by atoms with Gasteiger partial charge in [0.1, 0.15) is 17.5 Å². The van der Waals surface area contributed by atoms with E-state index in [1.54, 1.807) is 18.1 Å². The zero-order valence-electron chi connectivity index (χ0n) is 7.41. The second kappa shape index (κ2) is 3.92. The van der Waals surface area contributed by atoms with Crippen molar-refractivity contribution in [2.45, 2.75) is 0 Å². The molecule has 0 bridgehead atoms. The smallest absolute Gasteiger partial charge is 0.196 e. The van der Waals surface area contributed by atoms with E-state index in [1.165, 1.54) is 0 Å². The topological polar surface area (TPSA) is 79.3 Å². The molecule has 13 heavy (non-hydrogen) atoms. The summed E-state index contributed by atoms with van der Waals surface area (Å²) in [5.74, 6) is 0.0562. The minimum absolute atomic E-state index is 0.0658. The van der Waals surface area contributed by atoms with Crippen molar-refractivity contribution < 1.29 is 9.53 Å². The largest absolute Gasteiger partial charge is 0.384 e. The van der Waals surface area contributed by atoms with Crippen LogP contribution in [0.5, 0.6) is 0 Å². The minimum Gasteiger partial charge on any atom is -0.384 e. The molecular weight excluding hydrogens is 170 g/mol. The highest BCUT2D eigenvalue weighted by Crippen LogP contribution is 2.14. The van der Waals surface area contributed by atoms with Gasteiger partial charge in [-0.15, -0.1) is 0 Å². The number of nitrogens with zero attached hydrogens (tertiary/aromatic N) is 2. The SMILES string of the molecule is COCCN1CC(=O)C(C#N)=C1N. The van der Waals surface area contributed by atoms with Crippen LogP contribution >= 0.6 is 0 Å². The van der Waals surface area contributed by atoms with Gasteiger partial charge in [0.2, 0.25) is 0 Å². The first-order valence-corrected chi connectivity index (χ1v) is 3.87. The molecule has 1 rings (SSSR count). The Morgan fingerprint density at radius 1 is 1.77 bits per heavy atom. The summed E-state index contributed by atoms with van der Waals surface area (Å²) in [5.41, 5.74) is 5.64. The first-order chi connectivity index (χ1) is 6.20. The van der Waals surface area contributed by atoms with Gasteiger partial charge >= 0.3 is 0 Å². The molecule has 0 unspecified atom stereocenters. The lowest BCUT2D eigenvalue weighted by Gasteiger charge is -2.16. The molecule has 0 fully saturated rings. The van der Waals surface area contributed by atoms with Crippen LogP contribution in [0.2, 0.25) is 0 Å². The maximum absolute atomic E-state index is 11.1. The quantitative estimate of drug-likeness (QED) is 0.617. The van der Waals surface area contributed by atoms with Crippen LogP contribution in [0.3, 0.4) is 0 Å². The van der Waals surface area contributed by atoms with Crippen LogP contribution in [0.15, 0.2) is 11.4 Å². The zero-order valence-corrected chi connectivity index (χ0v) is 7.41. The molecule has 5 heteroatoms. The predicted molar refractivity (Wildman–Crippen MR) is 45.3 cm³/mol. The fraction of sp³-hybridized carbons (Fsp3) is 0.500. The number of carbonyl (C=O) groups excluding carboxylic acids is 1. The summed E-state index contributed by atoms with van der Waals surface area (Å²) in [4.78, 5) is 12.8. The monoisotopic (exact) mass is 181 g/mol. The van der Waals surface area contributed by atoms with Gasteiger partial charge in [-0.3, -0.25) is 4.79 Å². The van der Waals surface area contributed by atoms with Gasteiger partial charge in [-0.2, -0.15) is 5.26 Å². The zero-order chi connectivity index (χ0) is 9.84. The summed E-state index contributed by atoms with van der Waals surface area (Å²) in [6.45, 7) is 1.23. The molecule has 0 radical (unpaired) electrons. The number of carbonyl (C=O) groups is 1. The van der Waals surface area contributed by atoms with Crippen molar-refractivity contribution in [3.8, 4) is 6.07 Å². The second-order valence-corrected chi connectivity index (χ2v) is 2.71. The Balaban J connectivity index is 2.69. The fourth-order valence-corrected chi connectivity index (χ4v) is 1.16. The van der Waals surface area contributed by atoms with E-state index in [9.17, 15) is 4.79 Å². The van der Waals surface area contributed by atoms with E-state index in [2.05, 4.69) is 0 Å². The van der Waals surface area contributed by atoms with Gasteiger partial charge in [-0.05, 0) is 0 Å². The van der Waals surface area contributed by atoms with Crippen molar-refractivity contribution in [3.05, 3.63) is 11.4 Å². The van der Waals surface area contributed by atoms with Gasteiger partial charge < -0.3 is 15.4 Å². The van der Waals surface area contributed by atoms with Crippen molar-refractivity contribution >= 4 is 5.78 Å². The molecule has 1 aliphatic rings. The highest BCUT2D eigenvalue weighted by atomic mass is 16.5. The second-order valence-electron chi connectivity index (χ2n) is 2.71. The molecule has 2 N–H and O–H groups in total. The summed E-state index contributed by atoms with van der Waals surface area (Å²) >= 11 is 0. The molecule has 1 aliphatic heterocycles. The van der Waals surface area contributed by atoms with E-state index < -0.39 is 0 Å². The summed E-state index contributed by atoms with van der Waals surface area (Å²) in [6, 6.07) is 1.79. The number of nitrogens with two attached hydrogens (primary N) is 1. The molecule has 0 saturated carbocycles. The van der Waals surface area contributed by atoms with Gasteiger partial charge in [0.15, 0.2) is 5.78 Å².